The normalized spacial score (nSPS) is 19.2. The van der Waals surface area contributed by atoms with E-state index in [0.717, 1.165) is 0 Å². The van der Waals surface area contributed by atoms with Crippen molar-refractivity contribution in [1.82, 2.24) is 4.90 Å². The van der Waals surface area contributed by atoms with Crippen LogP contribution in [0, 0.1) is 29.6 Å². The number of imide groups is 1. The second-order valence-electron chi connectivity index (χ2n) is 9.74. The van der Waals surface area contributed by atoms with Crippen LogP contribution < -0.4 is 5.32 Å². The maximum atomic E-state index is 13.4. The molecule has 0 spiro atoms. The number of amides is 3. The van der Waals surface area contributed by atoms with Gasteiger partial charge in [-0.25, -0.2) is 4.79 Å². The number of carbonyl (C=O) groups is 4. The zero-order chi connectivity index (χ0) is 26.5. The number of hydrogen-bond donors (Lipinski definition) is 1. The number of carbonyl (C=O) groups excluding carboxylic acids is 4. The van der Waals surface area contributed by atoms with Crippen LogP contribution in [0.5, 0.6) is 0 Å². The monoisotopic (exact) mass is 498 g/mol. The molecule has 1 aliphatic heterocycles. The lowest BCUT2D eigenvalue weighted by Crippen LogP contribution is -2.48. The summed E-state index contributed by atoms with van der Waals surface area (Å²) in [6.07, 6.45) is 5.32. The Morgan fingerprint density at radius 3 is 2.16 bits per heavy atom. The van der Waals surface area contributed by atoms with Gasteiger partial charge >= 0.3 is 5.97 Å². The van der Waals surface area contributed by atoms with Gasteiger partial charge < -0.3 is 10.1 Å². The summed E-state index contributed by atoms with van der Waals surface area (Å²) in [5.74, 6) is 4.08. The molecule has 3 atom stereocenters. The smallest absolute Gasteiger partial charge is 0.337 e. The summed E-state index contributed by atoms with van der Waals surface area (Å²) in [6.45, 7) is 3.93. The molecule has 1 fully saturated rings. The first-order valence-electron chi connectivity index (χ1n) is 12.4. The molecule has 0 saturated carbocycles. The van der Waals surface area contributed by atoms with Gasteiger partial charge in [-0.05, 0) is 61.6 Å². The van der Waals surface area contributed by atoms with Gasteiger partial charge in [0.15, 0.2) is 0 Å². The van der Waals surface area contributed by atoms with E-state index in [0.29, 0.717) is 41.6 Å². The largest absolute Gasteiger partial charge is 0.465 e. The van der Waals surface area contributed by atoms with Crippen molar-refractivity contribution in [2.45, 2.75) is 39.2 Å². The summed E-state index contributed by atoms with van der Waals surface area (Å²) >= 11 is 0. The molecule has 0 bridgehead atoms. The molecule has 4 rings (SSSR count). The van der Waals surface area contributed by atoms with E-state index in [1.54, 1.807) is 42.5 Å². The molecule has 190 valence electrons. The summed E-state index contributed by atoms with van der Waals surface area (Å²) in [4.78, 5) is 52.6. The average molecular weight is 499 g/mol. The molecule has 0 radical (unpaired) electrons. The Morgan fingerprint density at radius 2 is 1.57 bits per heavy atom. The van der Waals surface area contributed by atoms with Gasteiger partial charge in [0.25, 0.3) is 0 Å². The van der Waals surface area contributed by atoms with Gasteiger partial charge in [-0.15, -0.1) is 0 Å². The Labute approximate surface area is 216 Å². The van der Waals surface area contributed by atoms with Crippen LogP contribution in [0.3, 0.4) is 0 Å². The van der Waals surface area contributed by atoms with E-state index in [4.69, 9.17) is 4.74 Å². The fourth-order valence-electron chi connectivity index (χ4n) is 4.80. The Morgan fingerprint density at radius 1 is 0.973 bits per heavy atom. The molecule has 1 N–H and O–H groups in total. The van der Waals surface area contributed by atoms with Crippen LogP contribution in [0.4, 0.5) is 5.69 Å². The summed E-state index contributed by atoms with van der Waals surface area (Å²) in [7, 11) is 1.33. The summed E-state index contributed by atoms with van der Waals surface area (Å²) in [6, 6.07) is 13.0. The molecule has 1 heterocycles. The first kappa shape index (κ1) is 25.9. The highest BCUT2D eigenvalue weighted by molar-refractivity contribution is 6.10. The molecular formula is C30H30N2O5. The highest BCUT2D eigenvalue weighted by atomic mass is 16.5. The number of rotatable bonds is 6. The first-order chi connectivity index (χ1) is 17.8. The molecular weight excluding hydrogens is 468 g/mol. The van der Waals surface area contributed by atoms with E-state index >= 15 is 0 Å². The second-order valence-corrected chi connectivity index (χ2v) is 9.74. The Hall–Kier alpha value is -4.18. The van der Waals surface area contributed by atoms with Crippen LogP contribution in [0.1, 0.15) is 54.6 Å². The summed E-state index contributed by atoms with van der Waals surface area (Å²) < 4.78 is 4.75. The Balaban J connectivity index is 1.52. The van der Waals surface area contributed by atoms with Gasteiger partial charge in [0, 0.05) is 16.8 Å². The predicted molar refractivity (Wildman–Crippen MR) is 139 cm³/mol. The van der Waals surface area contributed by atoms with Crippen molar-refractivity contribution >= 4 is 29.4 Å². The van der Waals surface area contributed by atoms with Gasteiger partial charge in [0.05, 0.1) is 24.5 Å². The number of fused-ring (bicyclic) bond motifs is 1. The van der Waals surface area contributed by atoms with Crippen LogP contribution in [0.25, 0.3) is 0 Å². The van der Waals surface area contributed by atoms with Gasteiger partial charge in [-0.3, -0.25) is 19.3 Å². The van der Waals surface area contributed by atoms with Gasteiger partial charge in [0.1, 0.15) is 6.04 Å². The number of benzene rings is 2. The fraction of sp³-hybridized carbons (Fsp3) is 0.333. The molecule has 3 amide bonds. The molecule has 2 aromatic rings. The highest BCUT2D eigenvalue weighted by Crippen LogP contribution is 2.37. The van der Waals surface area contributed by atoms with E-state index in [1.165, 1.54) is 12.0 Å². The lowest BCUT2D eigenvalue weighted by molar-refractivity contribution is -0.147. The second kappa shape index (κ2) is 11.3. The zero-order valence-corrected chi connectivity index (χ0v) is 21.2. The molecule has 1 aliphatic carbocycles. The molecule has 2 aromatic carbocycles. The van der Waals surface area contributed by atoms with Crippen molar-refractivity contribution in [1.29, 1.82) is 0 Å². The van der Waals surface area contributed by atoms with Crippen LogP contribution >= 0.6 is 0 Å². The molecule has 1 saturated heterocycles. The number of esters is 1. The lowest BCUT2D eigenvalue weighted by Gasteiger charge is -2.27. The van der Waals surface area contributed by atoms with Crippen molar-refractivity contribution in [3.8, 4) is 11.8 Å². The number of likely N-dealkylation sites (tertiary alicyclic amines) is 1. The number of nitrogens with one attached hydrogen (secondary N) is 1. The minimum absolute atomic E-state index is 0.107. The van der Waals surface area contributed by atoms with Crippen LogP contribution in [-0.4, -0.2) is 41.7 Å². The summed E-state index contributed by atoms with van der Waals surface area (Å²) in [5, 5.41) is 2.89. The number of nitrogens with zero attached hydrogens (tertiary/aromatic N) is 1. The predicted octanol–water partition coefficient (Wildman–Crippen LogP) is 4.18. The van der Waals surface area contributed by atoms with Crippen molar-refractivity contribution in [3.05, 3.63) is 77.4 Å². The van der Waals surface area contributed by atoms with Crippen molar-refractivity contribution in [2.75, 3.05) is 12.4 Å². The topological polar surface area (TPSA) is 92.8 Å². The third-order valence-corrected chi connectivity index (χ3v) is 6.62. The molecule has 37 heavy (non-hydrogen) atoms. The molecule has 7 nitrogen and oxygen atoms in total. The maximum absolute atomic E-state index is 13.4. The standard InChI is InChI=1S/C30H30N2O5/c1-19(2)16-26(32-28(34)24-12-4-5-13-25(24)29(32)35)27(33)31-23-11-7-9-21(18-23)15-14-20-8-6-10-22(17-20)30(36)37-3/h4-11,17-19,24-26H,12-13,16H2,1-3H3,(H,31,33). The molecule has 0 aromatic heterocycles. The molecule has 7 heteroatoms. The maximum Gasteiger partial charge on any atom is 0.337 e. The number of methoxy groups -OCH3 is 1. The number of anilines is 1. The van der Waals surface area contributed by atoms with Crippen LogP contribution in [-0.2, 0) is 19.1 Å². The SMILES string of the molecule is COC(=O)c1cccc(C#Cc2cccc(NC(=O)C(CC(C)C)N3C(=O)C4CC=CCC4C3=O)c2)c1. The number of ether oxygens (including phenoxy) is 1. The number of allylic oxidation sites excluding steroid dienone is 2. The minimum Gasteiger partial charge on any atom is -0.465 e. The lowest BCUT2D eigenvalue weighted by atomic mass is 9.85. The zero-order valence-electron chi connectivity index (χ0n) is 21.2. The van der Waals surface area contributed by atoms with Crippen LogP contribution in [0.15, 0.2) is 60.7 Å². The van der Waals surface area contributed by atoms with Gasteiger partial charge in [0.2, 0.25) is 17.7 Å². The highest BCUT2D eigenvalue weighted by Gasteiger charge is 2.51. The van der Waals surface area contributed by atoms with E-state index in [9.17, 15) is 19.2 Å². The molecule has 2 aliphatic rings. The third kappa shape index (κ3) is 5.80. The van der Waals surface area contributed by atoms with Gasteiger partial charge in [-0.1, -0.05) is 50.0 Å². The minimum atomic E-state index is -0.874. The third-order valence-electron chi connectivity index (χ3n) is 6.62. The van der Waals surface area contributed by atoms with Crippen molar-refractivity contribution in [3.63, 3.8) is 0 Å². The van der Waals surface area contributed by atoms with Crippen molar-refractivity contribution in [2.24, 2.45) is 17.8 Å². The van der Waals surface area contributed by atoms with E-state index < -0.39 is 17.9 Å². The quantitative estimate of drug-likeness (QED) is 0.279. The van der Waals surface area contributed by atoms with E-state index in [2.05, 4.69) is 17.2 Å². The Bertz CT molecular complexity index is 1290. The van der Waals surface area contributed by atoms with Crippen LogP contribution in [0.2, 0.25) is 0 Å². The summed E-state index contributed by atoms with van der Waals surface area (Å²) in [5.41, 5.74) is 2.24. The van der Waals surface area contributed by atoms with E-state index in [-0.39, 0.29) is 29.6 Å². The number of hydrogen-bond acceptors (Lipinski definition) is 5. The van der Waals surface area contributed by atoms with Crippen molar-refractivity contribution < 1.29 is 23.9 Å². The first-order valence-corrected chi connectivity index (χ1v) is 12.4. The Kier molecular flexibility index (Phi) is 7.88. The van der Waals surface area contributed by atoms with E-state index in [1.807, 2.05) is 32.1 Å². The van der Waals surface area contributed by atoms with Gasteiger partial charge in [-0.2, -0.15) is 0 Å². The molecule has 3 unspecified atom stereocenters. The fourth-order valence-corrected chi connectivity index (χ4v) is 4.80. The average Bonchev–Trinajstić information content (AvgIpc) is 3.15.